The Bertz CT molecular complexity index is 1410. The first-order valence-corrected chi connectivity index (χ1v) is 11.8. The Kier molecular flexibility index (Phi) is 5.11. The molecule has 0 radical (unpaired) electrons. The molecule has 0 spiro atoms. The lowest BCUT2D eigenvalue weighted by Gasteiger charge is -2.26. The van der Waals surface area contributed by atoms with Crippen LogP contribution >= 0.6 is 0 Å². The Morgan fingerprint density at radius 1 is 0.879 bits per heavy atom. The molecule has 5 aromatic rings. The van der Waals surface area contributed by atoms with Gasteiger partial charge in [0, 0.05) is 34.8 Å². The maximum absolute atomic E-state index is 5.92. The fourth-order valence-corrected chi connectivity index (χ4v) is 5.15. The minimum Gasteiger partial charge on any atom is -0.330 e. The standard InChI is InChI=1S/C28H27N5/c29-17-19-6-8-22(9-7-19)28-32-27(26-18-30-14-15-33(26)28)23-11-10-21-12-13-24(31-25(21)16-23)20-4-2-1-3-5-20/h1-5,10-16,18-19,22H,6-9,17,29H2. The molecular weight excluding hydrogens is 406 g/mol. The van der Waals surface area contributed by atoms with Crippen LogP contribution in [-0.2, 0) is 0 Å². The third-order valence-electron chi connectivity index (χ3n) is 7.05. The van der Waals surface area contributed by atoms with Crippen LogP contribution in [0.1, 0.15) is 37.4 Å². The minimum atomic E-state index is 0.458. The van der Waals surface area contributed by atoms with Gasteiger partial charge < -0.3 is 5.73 Å². The summed E-state index contributed by atoms with van der Waals surface area (Å²) in [6.07, 6.45) is 10.5. The summed E-state index contributed by atoms with van der Waals surface area (Å²) < 4.78 is 2.23. The third kappa shape index (κ3) is 3.68. The van der Waals surface area contributed by atoms with E-state index in [1.54, 1.807) is 0 Å². The Hall–Kier alpha value is -3.57. The molecule has 0 bridgehead atoms. The zero-order valence-corrected chi connectivity index (χ0v) is 18.6. The number of imidazole rings is 1. The molecule has 33 heavy (non-hydrogen) atoms. The second-order valence-electron chi connectivity index (χ2n) is 9.07. The number of rotatable bonds is 4. The van der Waals surface area contributed by atoms with E-state index in [2.05, 4.69) is 51.8 Å². The number of fused-ring (bicyclic) bond motifs is 2. The number of pyridine rings is 1. The predicted molar refractivity (Wildman–Crippen MR) is 133 cm³/mol. The molecule has 1 aliphatic rings. The molecule has 0 atom stereocenters. The molecule has 0 aliphatic heterocycles. The summed E-state index contributed by atoms with van der Waals surface area (Å²) in [7, 11) is 0. The van der Waals surface area contributed by atoms with Crippen LogP contribution in [0.5, 0.6) is 0 Å². The van der Waals surface area contributed by atoms with Crippen LogP contribution in [0.4, 0.5) is 0 Å². The highest BCUT2D eigenvalue weighted by atomic mass is 15.0. The SMILES string of the molecule is NCC1CCC(c2nc(-c3ccc4ccc(-c5ccccc5)nc4c3)c3cnccn23)CC1. The summed E-state index contributed by atoms with van der Waals surface area (Å²) in [5, 5.41) is 1.13. The van der Waals surface area contributed by atoms with Crippen molar-refractivity contribution in [3.8, 4) is 22.5 Å². The highest BCUT2D eigenvalue weighted by Crippen LogP contribution is 2.37. The normalized spacial score (nSPS) is 18.7. The van der Waals surface area contributed by atoms with E-state index >= 15 is 0 Å². The van der Waals surface area contributed by atoms with Crippen LogP contribution in [0, 0.1) is 5.92 Å². The summed E-state index contributed by atoms with van der Waals surface area (Å²) in [5.74, 6) is 2.25. The molecule has 6 rings (SSSR count). The molecule has 5 nitrogen and oxygen atoms in total. The average Bonchev–Trinajstić information content (AvgIpc) is 3.28. The number of nitrogens with zero attached hydrogens (tertiary/aromatic N) is 4. The van der Waals surface area contributed by atoms with E-state index in [0.717, 1.165) is 64.1 Å². The summed E-state index contributed by atoms with van der Waals surface area (Å²) in [5.41, 5.74) is 12.1. The van der Waals surface area contributed by atoms with Crippen molar-refractivity contribution in [3.05, 3.63) is 85.1 Å². The lowest BCUT2D eigenvalue weighted by molar-refractivity contribution is 0.325. The second kappa shape index (κ2) is 8.41. The second-order valence-corrected chi connectivity index (χ2v) is 9.07. The maximum Gasteiger partial charge on any atom is 0.117 e. The minimum absolute atomic E-state index is 0.458. The first-order valence-electron chi connectivity index (χ1n) is 11.8. The molecule has 1 saturated carbocycles. The van der Waals surface area contributed by atoms with Gasteiger partial charge in [0.2, 0.25) is 0 Å². The van der Waals surface area contributed by atoms with Gasteiger partial charge in [0.1, 0.15) is 5.82 Å². The van der Waals surface area contributed by atoms with E-state index in [0.29, 0.717) is 11.8 Å². The van der Waals surface area contributed by atoms with Gasteiger partial charge in [0.05, 0.1) is 28.6 Å². The predicted octanol–water partition coefficient (Wildman–Crippen LogP) is 5.84. The van der Waals surface area contributed by atoms with Gasteiger partial charge in [-0.25, -0.2) is 9.97 Å². The highest BCUT2D eigenvalue weighted by molar-refractivity contribution is 5.88. The first-order chi connectivity index (χ1) is 16.3. The number of hydrogen-bond donors (Lipinski definition) is 1. The quantitative estimate of drug-likeness (QED) is 0.386. The van der Waals surface area contributed by atoms with E-state index in [9.17, 15) is 0 Å². The smallest absolute Gasteiger partial charge is 0.117 e. The van der Waals surface area contributed by atoms with Crippen LogP contribution in [0.15, 0.2) is 79.3 Å². The summed E-state index contributed by atoms with van der Waals surface area (Å²) in [6.45, 7) is 0.791. The fourth-order valence-electron chi connectivity index (χ4n) is 5.15. The van der Waals surface area contributed by atoms with Gasteiger partial charge in [0.15, 0.2) is 0 Å². The van der Waals surface area contributed by atoms with Gasteiger partial charge in [-0.2, -0.15) is 0 Å². The summed E-state index contributed by atoms with van der Waals surface area (Å²) in [4.78, 5) is 14.6. The molecule has 1 aliphatic carbocycles. The lowest BCUT2D eigenvalue weighted by Crippen LogP contribution is -2.21. The van der Waals surface area contributed by atoms with Crippen molar-refractivity contribution in [1.29, 1.82) is 0 Å². The van der Waals surface area contributed by atoms with Crippen LogP contribution in [-0.4, -0.2) is 25.9 Å². The van der Waals surface area contributed by atoms with Crippen LogP contribution < -0.4 is 5.73 Å². The summed E-state index contributed by atoms with van der Waals surface area (Å²) in [6, 6.07) is 21.0. The fraction of sp³-hybridized carbons (Fsp3) is 0.250. The van der Waals surface area contributed by atoms with Crippen LogP contribution in [0.3, 0.4) is 0 Å². The molecule has 164 valence electrons. The van der Waals surface area contributed by atoms with Crippen molar-refractivity contribution < 1.29 is 0 Å². The molecule has 3 heterocycles. The topological polar surface area (TPSA) is 69.1 Å². The monoisotopic (exact) mass is 433 g/mol. The zero-order valence-electron chi connectivity index (χ0n) is 18.6. The Morgan fingerprint density at radius 2 is 1.70 bits per heavy atom. The number of benzene rings is 2. The number of aromatic nitrogens is 4. The van der Waals surface area contributed by atoms with Crippen molar-refractivity contribution in [2.45, 2.75) is 31.6 Å². The van der Waals surface area contributed by atoms with Gasteiger partial charge in [0.25, 0.3) is 0 Å². The molecule has 5 heteroatoms. The maximum atomic E-state index is 5.92. The van der Waals surface area contributed by atoms with Crippen molar-refractivity contribution in [3.63, 3.8) is 0 Å². The Morgan fingerprint density at radius 3 is 2.52 bits per heavy atom. The Balaban J connectivity index is 1.43. The molecule has 0 unspecified atom stereocenters. The molecule has 0 amide bonds. The van der Waals surface area contributed by atoms with Crippen molar-refractivity contribution in [2.24, 2.45) is 11.7 Å². The van der Waals surface area contributed by atoms with Crippen LogP contribution in [0.2, 0.25) is 0 Å². The van der Waals surface area contributed by atoms with E-state index in [1.807, 2.05) is 36.8 Å². The van der Waals surface area contributed by atoms with Gasteiger partial charge in [-0.05, 0) is 50.3 Å². The molecule has 3 aromatic heterocycles. The highest BCUT2D eigenvalue weighted by Gasteiger charge is 2.26. The largest absolute Gasteiger partial charge is 0.330 e. The molecule has 0 saturated heterocycles. The third-order valence-corrected chi connectivity index (χ3v) is 7.05. The van der Waals surface area contributed by atoms with E-state index in [4.69, 9.17) is 15.7 Å². The van der Waals surface area contributed by atoms with Crippen molar-refractivity contribution >= 4 is 16.4 Å². The van der Waals surface area contributed by atoms with E-state index < -0.39 is 0 Å². The lowest BCUT2D eigenvalue weighted by atomic mass is 9.81. The van der Waals surface area contributed by atoms with Gasteiger partial charge in [-0.15, -0.1) is 0 Å². The molecular formula is C28H27N5. The number of hydrogen-bond acceptors (Lipinski definition) is 4. The van der Waals surface area contributed by atoms with Gasteiger partial charge in [-0.3, -0.25) is 9.38 Å². The van der Waals surface area contributed by atoms with Gasteiger partial charge in [-0.1, -0.05) is 48.5 Å². The first kappa shape index (κ1) is 20.1. The average molecular weight is 434 g/mol. The molecule has 1 fully saturated rings. The van der Waals surface area contributed by atoms with E-state index in [-0.39, 0.29) is 0 Å². The molecule has 2 N–H and O–H groups in total. The summed E-state index contributed by atoms with van der Waals surface area (Å²) >= 11 is 0. The van der Waals surface area contributed by atoms with Gasteiger partial charge >= 0.3 is 0 Å². The Labute approximate surface area is 193 Å². The number of nitrogens with two attached hydrogens (primary N) is 1. The zero-order chi connectivity index (χ0) is 22.2. The van der Waals surface area contributed by atoms with Crippen molar-refractivity contribution in [1.82, 2.24) is 19.4 Å². The van der Waals surface area contributed by atoms with Crippen molar-refractivity contribution in [2.75, 3.05) is 6.54 Å². The van der Waals surface area contributed by atoms with Crippen LogP contribution in [0.25, 0.3) is 38.9 Å². The molecule has 2 aromatic carbocycles. The van der Waals surface area contributed by atoms with E-state index in [1.165, 1.54) is 12.8 Å².